The number of anilines is 1. The summed E-state index contributed by atoms with van der Waals surface area (Å²) in [6.45, 7) is 7.29. The smallest absolute Gasteiger partial charge is 0.258 e. The summed E-state index contributed by atoms with van der Waals surface area (Å²) in [5, 5.41) is 3.33. The third kappa shape index (κ3) is 2.94. The highest BCUT2D eigenvalue weighted by Crippen LogP contribution is 2.29. The van der Waals surface area contributed by atoms with Crippen LogP contribution in [0.5, 0.6) is 0 Å². The van der Waals surface area contributed by atoms with Crippen LogP contribution in [0.4, 0.5) is 5.69 Å². The number of carbonyl (C=O) groups excluding carboxylic acids is 1. The first-order valence-electron chi connectivity index (χ1n) is 7.69. The average Bonchev–Trinajstić information content (AvgIpc) is 2.85. The minimum Gasteiger partial charge on any atom is -0.384 e. The van der Waals surface area contributed by atoms with E-state index >= 15 is 0 Å². The van der Waals surface area contributed by atoms with E-state index in [1.165, 1.54) is 0 Å². The predicted octanol–water partition coefficient (Wildman–Crippen LogP) is 3.31. The number of nitrogens with one attached hydrogen (secondary N) is 1. The molecule has 2 rings (SSSR count). The quantitative estimate of drug-likeness (QED) is 0.896. The fourth-order valence-corrected chi connectivity index (χ4v) is 2.96. The van der Waals surface area contributed by atoms with Gasteiger partial charge in [0.15, 0.2) is 0 Å². The molecule has 1 amide bonds. The Balaban J connectivity index is 2.24. The number of pyridine rings is 1. The Morgan fingerprint density at radius 2 is 2.25 bits per heavy atom. The molecular weight excluding hydrogens is 250 g/mol. The molecule has 1 saturated heterocycles. The van der Waals surface area contributed by atoms with Gasteiger partial charge in [-0.15, -0.1) is 0 Å². The van der Waals surface area contributed by atoms with E-state index in [4.69, 9.17) is 0 Å². The van der Waals surface area contributed by atoms with Crippen molar-refractivity contribution >= 4 is 11.6 Å². The summed E-state index contributed by atoms with van der Waals surface area (Å²) in [5.41, 5.74) is 1.61. The normalized spacial score (nSPS) is 22.1. The molecule has 20 heavy (non-hydrogen) atoms. The molecule has 0 aliphatic carbocycles. The van der Waals surface area contributed by atoms with Crippen LogP contribution in [-0.2, 0) is 0 Å². The Labute approximate surface area is 121 Å². The van der Waals surface area contributed by atoms with Crippen molar-refractivity contribution in [3.63, 3.8) is 0 Å². The van der Waals surface area contributed by atoms with Crippen LogP contribution in [0.2, 0.25) is 0 Å². The van der Waals surface area contributed by atoms with Crippen molar-refractivity contribution < 1.29 is 4.79 Å². The molecule has 0 radical (unpaired) electrons. The van der Waals surface area contributed by atoms with Gasteiger partial charge in [0.1, 0.15) is 0 Å². The highest BCUT2D eigenvalue weighted by Gasteiger charge is 2.34. The van der Waals surface area contributed by atoms with E-state index in [2.05, 4.69) is 31.1 Å². The van der Waals surface area contributed by atoms with Crippen LogP contribution < -0.4 is 5.32 Å². The first kappa shape index (κ1) is 14.8. The Bertz CT molecular complexity index is 461. The zero-order valence-corrected chi connectivity index (χ0v) is 12.7. The second-order valence-corrected chi connectivity index (χ2v) is 5.55. The first-order chi connectivity index (χ1) is 9.69. The molecule has 1 aromatic rings. The van der Waals surface area contributed by atoms with Crippen molar-refractivity contribution in [3.8, 4) is 0 Å². The summed E-state index contributed by atoms with van der Waals surface area (Å²) in [4.78, 5) is 19.0. The van der Waals surface area contributed by atoms with Gasteiger partial charge >= 0.3 is 0 Å². The van der Waals surface area contributed by atoms with E-state index in [0.717, 1.165) is 37.9 Å². The van der Waals surface area contributed by atoms with Gasteiger partial charge in [0.2, 0.25) is 0 Å². The lowest BCUT2D eigenvalue weighted by Crippen LogP contribution is -2.40. The zero-order chi connectivity index (χ0) is 14.5. The molecule has 0 bridgehead atoms. The molecule has 2 atom stereocenters. The van der Waals surface area contributed by atoms with Gasteiger partial charge in [0.25, 0.3) is 5.91 Å². The number of hydrogen-bond donors (Lipinski definition) is 1. The Hall–Kier alpha value is -1.58. The summed E-state index contributed by atoms with van der Waals surface area (Å²) in [5.74, 6) is 0.119. The summed E-state index contributed by atoms with van der Waals surface area (Å²) in [6.07, 6.45) is 7.70. The molecule has 2 unspecified atom stereocenters. The minimum absolute atomic E-state index is 0.119. The van der Waals surface area contributed by atoms with Gasteiger partial charge in [-0.2, -0.15) is 0 Å². The maximum Gasteiger partial charge on any atom is 0.258 e. The fraction of sp³-hybridized carbons (Fsp3) is 0.625. The van der Waals surface area contributed by atoms with Crippen LogP contribution in [0.3, 0.4) is 0 Å². The average molecular weight is 275 g/mol. The van der Waals surface area contributed by atoms with Crippen LogP contribution in [-0.4, -0.2) is 34.4 Å². The van der Waals surface area contributed by atoms with E-state index in [0.29, 0.717) is 17.6 Å². The highest BCUT2D eigenvalue weighted by atomic mass is 16.2. The molecule has 4 nitrogen and oxygen atoms in total. The van der Waals surface area contributed by atoms with Gasteiger partial charge in [0.05, 0.1) is 11.3 Å². The van der Waals surface area contributed by atoms with E-state index < -0.39 is 0 Å². The van der Waals surface area contributed by atoms with E-state index in [1.54, 1.807) is 12.4 Å². The number of amides is 1. The van der Waals surface area contributed by atoms with E-state index in [1.807, 2.05) is 11.0 Å². The second-order valence-electron chi connectivity index (χ2n) is 5.55. The van der Waals surface area contributed by atoms with Crippen LogP contribution in [0.1, 0.15) is 56.8 Å². The maximum absolute atomic E-state index is 12.9. The third-order valence-electron chi connectivity index (χ3n) is 4.11. The van der Waals surface area contributed by atoms with Crippen LogP contribution >= 0.6 is 0 Å². The number of aromatic nitrogens is 1. The molecule has 1 fully saturated rings. The van der Waals surface area contributed by atoms with Gasteiger partial charge < -0.3 is 10.2 Å². The zero-order valence-electron chi connectivity index (χ0n) is 12.7. The van der Waals surface area contributed by atoms with E-state index in [-0.39, 0.29) is 5.91 Å². The molecule has 4 heteroatoms. The van der Waals surface area contributed by atoms with Gasteiger partial charge in [0, 0.05) is 31.0 Å². The van der Waals surface area contributed by atoms with Gasteiger partial charge in [-0.1, -0.05) is 13.8 Å². The first-order valence-corrected chi connectivity index (χ1v) is 7.69. The van der Waals surface area contributed by atoms with Gasteiger partial charge in [-0.25, -0.2) is 0 Å². The van der Waals surface area contributed by atoms with E-state index in [9.17, 15) is 4.79 Å². The number of nitrogens with zero attached hydrogens (tertiary/aromatic N) is 2. The monoisotopic (exact) mass is 275 g/mol. The van der Waals surface area contributed by atoms with Crippen molar-refractivity contribution in [2.24, 2.45) is 0 Å². The van der Waals surface area contributed by atoms with Crippen molar-refractivity contribution in [1.29, 1.82) is 0 Å². The molecule has 1 N–H and O–H groups in total. The maximum atomic E-state index is 12.9. The molecule has 1 aliphatic rings. The standard InChI is InChI=1S/C16H25N3O/c1-4-9-18-15-8-10-17-11-14(15)16(20)19-12(3)6-7-13(19)5-2/h8,10-13H,4-7,9H2,1-3H3,(H,17,18). The SMILES string of the molecule is CCCNc1ccncc1C(=O)N1C(C)CCC1CC. The Morgan fingerprint density at radius 3 is 2.95 bits per heavy atom. The topological polar surface area (TPSA) is 45.2 Å². The van der Waals surface area contributed by atoms with Crippen LogP contribution in [0, 0.1) is 0 Å². The summed E-state index contributed by atoms with van der Waals surface area (Å²) in [6, 6.07) is 2.59. The Morgan fingerprint density at radius 1 is 1.45 bits per heavy atom. The molecule has 110 valence electrons. The molecule has 0 saturated carbocycles. The van der Waals surface area contributed by atoms with Crippen molar-refractivity contribution in [2.75, 3.05) is 11.9 Å². The summed E-state index contributed by atoms with van der Waals surface area (Å²) in [7, 11) is 0. The lowest BCUT2D eigenvalue weighted by Gasteiger charge is -2.28. The van der Waals surface area contributed by atoms with Crippen LogP contribution in [0.25, 0.3) is 0 Å². The molecule has 0 spiro atoms. The largest absolute Gasteiger partial charge is 0.384 e. The molecule has 2 heterocycles. The predicted molar refractivity (Wildman–Crippen MR) is 82.0 cm³/mol. The number of likely N-dealkylation sites (tertiary alicyclic amines) is 1. The molecule has 0 aromatic carbocycles. The number of hydrogen-bond acceptors (Lipinski definition) is 3. The van der Waals surface area contributed by atoms with Crippen LogP contribution in [0.15, 0.2) is 18.5 Å². The fourth-order valence-electron chi connectivity index (χ4n) is 2.96. The minimum atomic E-state index is 0.119. The highest BCUT2D eigenvalue weighted by molar-refractivity contribution is 5.99. The third-order valence-corrected chi connectivity index (χ3v) is 4.11. The molecule has 1 aromatic heterocycles. The number of rotatable bonds is 5. The van der Waals surface area contributed by atoms with Gasteiger partial charge in [-0.3, -0.25) is 9.78 Å². The Kier molecular flexibility index (Phi) is 4.99. The summed E-state index contributed by atoms with van der Waals surface area (Å²) >= 11 is 0. The number of carbonyl (C=O) groups is 1. The lowest BCUT2D eigenvalue weighted by molar-refractivity contribution is 0.0677. The summed E-state index contributed by atoms with van der Waals surface area (Å²) < 4.78 is 0. The lowest BCUT2D eigenvalue weighted by atomic mass is 10.1. The van der Waals surface area contributed by atoms with Crippen molar-refractivity contribution in [2.45, 2.75) is 58.5 Å². The molecule has 1 aliphatic heterocycles. The molecular formula is C16H25N3O. The van der Waals surface area contributed by atoms with Gasteiger partial charge in [-0.05, 0) is 38.7 Å². The second kappa shape index (κ2) is 6.73. The van der Waals surface area contributed by atoms with Crippen molar-refractivity contribution in [1.82, 2.24) is 9.88 Å². The van der Waals surface area contributed by atoms with Crippen molar-refractivity contribution in [3.05, 3.63) is 24.0 Å².